The Bertz CT molecular complexity index is 347. The molecule has 0 bridgehead atoms. The quantitative estimate of drug-likeness (QED) is 0.795. The molecule has 0 heterocycles. The second-order valence-electron chi connectivity index (χ2n) is 4.65. The molecule has 0 saturated carbocycles. The fourth-order valence-electron chi connectivity index (χ4n) is 2.61. The molecular weight excluding hydrogens is 196 g/mol. The summed E-state index contributed by atoms with van der Waals surface area (Å²) in [5, 5.41) is 3.39. The van der Waals surface area contributed by atoms with Crippen molar-refractivity contribution in [1.82, 2.24) is 5.32 Å². The van der Waals surface area contributed by atoms with Gasteiger partial charge in [-0.15, -0.1) is 0 Å². The van der Waals surface area contributed by atoms with Gasteiger partial charge in [-0.25, -0.2) is 0 Å². The van der Waals surface area contributed by atoms with Gasteiger partial charge >= 0.3 is 0 Å². The molecule has 1 aromatic rings. The number of benzene rings is 1. The van der Waals surface area contributed by atoms with Gasteiger partial charge in [0.1, 0.15) is 0 Å². The predicted octanol–water partition coefficient (Wildman–Crippen LogP) is 2.17. The highest BCUT2D eigenvalue weighted by Crippen LogP contribution is 2.26. The van der Waals surface area contributed by atoms with Crippen LogP contribution in [0.5, 0.6) is 0 Å². The predicted molar refractivity (Wildman–Crippen MR) is 68.6 cm³/mol. The normalized spacial score (nSPS) is 16.1. The zero-order chi connectivity index (χ0) is 11.4. The Morgan fingerprint density at radius 3 is 2.88 bits per heavy atom. The first kappa shape index (κ1) is 11.6. The van der Waals surface area contributed by atoms with Crippen LogP contribution in [0.25, 0.3) is 0 Å². The Hall–Kier alpha value is -0.860. The van der Waals surface area contributed by atoms with Crippen molar-refractivity contribution >= 4 is 0 Å². The van der Waals surface area contributed by atoms with E-state index in [4.69, 9.17) is 5.73 Å². The number of aryl methyl sites for hydroxylation is 2. The average molecular weight is 218 g/mol. The summed E-state index contributed by atoms with van der Waals surface area (Å²) < 4.78 is 0. The summed E-state index contributed by atoms with van der Waals surface area (Å²) in [6.45, 7) is 0.781. The molecule has 0 radical (unpaired) electrons. The minimum atomic E-state index is 0.467. The zero-order valence-corrected chi connectivity index (χ0v) is 10.1. The highest BCUT2D eigenvalue weighted by atomic mass is 14.9. The molecule has 1 atom stereocenters. The summed E-state index contributed by atoms with van der Waals surface area (Å²) in [5.41, 5.74) is 10.1. The van der Waals surface area contributed by atoms with Crippen molar-refractivity contribution in [3.8, 4) is 0 Å². The van der Waals surface area contributed by atoms with Crippen LogP contribution in [0.4, 0.5) is 0 Å². The maximum absolute atomic E-state index is 5.57. The summed E-state index contributed by atoms with van der Waals surface area (Å²) in [6, 6.07) is 7.45. The van der Waals surface area contributed by atoms with Crippen LogP contribution < -0.4 is 11.1 Å². The van der Waals surface area contributed by atoms with E-state index in [1.807, 2.05) is 7.05 Å². The lowest BCUT2D eigenvalue weighted by Gasteiger charge is -2.17. The monoisotopic (exact) mass is 218 g/mol. The van der Waals surface area contributed by atoms with E-state index >= 15 is 0 Å². The Morgan fingerprint density at radius 2 is 2.12 bits per heavy atom. The van der Waals surface area contributed by atoms with E-state index < -0.39 is 0 Å². The van der Waals surface area contributed by atoms with Crippen LogP contribution in [0.2, 0.25) is 0 Å². The highest BCUT2D eigenvalue weighted by molar-refractivity contribution is 5.36. The molecule has 0 fully saturated rings. The standard InChI is InChI=1S/C14H22N2/c1-16-14(6-3-9-15)13-8-7-11-4-2-5-12(11)10-13/h7-8,10,14,16H,2-6,9,15H2,1H3. The van der Waals surface area contributed by atoms with E-state index in [1.54, 1.807) is 11.1 Å². The third-order valence-corrected chi connectivity index (χ3v) is 3.57. The van der Waals surface area contributed by atoms with Crippen molar-refractivity contribution < 1.29 is 0 Å². The second-order valence-corrected chi connectivity index (χ2v) is 4.65. The molecule has 16 heavy (non-hydrogen) atoms. The first-order chi connectivity index (χ1) is 7.85. The summed E-state index contributed by atoms with van der Waals surface area (Å²) in [5.74, 6) is 0. The molecule has 1 aliphatic carbocycles. The lowest BCUT2D eigenvalue weighted by molar-refractivity contribution is 0.531. The van der Waals surface area contributed by atoms with E-state index in [0.717, 1.165) is 19.4 Å². The van der Waals surface area contributed by atoms with Crippen molar-refractivity contribution in [3.05, 3.63) is 34.9 Å². The van der Waals surface area contributed by atoms with Crippen LogP contribution in [0, 0.1) is 0 Å². The molecule has 1 aliphatic rings. The van der Waals surface area contributed by atoms with Gasteiger partial charge in [0.25, 0.3) is 0 Å². The van der Waals surface area contributed by atoms with Gasteiger partial charge in [0.05, 0.1) is 0 Å². The van der Waals surface area contributed by atoms with Crippen LogP contribution in [-0.2, 0) is 12.8 Å². The number of fused-ring (bicyclic) bond motifs is 1. The third kappa shape index (κ3) is 2.45. The zero-order valence-electron chi connectivity index (χ0n) is 10.1. The van der Waals surface area contributed by atoms with E-state index in [9.17, 15) is 0 Å². The van der Waals surface area contributed by atoms with Gasteiger partial charge in [-0.1, -0.05) is 18.2 Å². The van der Waals surface area contributed by atoms with E-state index in [0.29, 0.717) is 6.04 Å². The Balaban J connectivity index is 2.12. The van der Waals surface area contributed by atoms with Gasteiger partial charge in [0, 0.05) is 6.04 Å². The largest absolute Gasteiger partial charge is 0.330 e. The van der Waals surface area contributed by atoms with E-state index in [2.05, 4.69) is 23.5 Å². The van der Waals surface area contributed by atoms with Crippen LogP contribution in [0.15, 0.2) is 18.2 Å². The maximum Gasteiger partial charge on any atom is 0.0318 e. The number of hydrogen-bond donors (Lipinski definition) is 2. The number of nitrogens with one attached hydrogen (secondary N) is 1. The fourth-order valence-corrected chi connectivity index (χ4v) is 2.61. The lowest BCUT2D eigenvalue weighted by Crippen LogP contribution is -2.17. The maximum atomic E-state index is 5.57. The molecular formula is C14H22N2. The molecule has 0 saturated heterocycles. The van der Waals surface area contributed by atoms with Crippen molar-refractivity contribution in [2.24, 2.45) is 5.73 Å². The first-order valence-electron chi connectivity index (χ1n) is 6.34. The van der Waals surface area contributed by atoms with Crippen LogP contribution in [0.3, 0.4) is 0 Å². The minimum Gasteiger partial charge on any atom is -0.330 e. The van der Waals surface area contributed by atoms with Gasteiger partial charge in [0.2, 0.25) is 0 Å². The number of rotatable bonds is 5. The summed E-state index contributed by atoms with van der Waals surface area (Å²) >= 11 is 0. The molecule has 88 valence electrons. The molecule has 2 nitrogen and oxygen atoms in total. The van der Waals surface area contributed by atoms with Crippen molar-refractivity contribution in [3.63, 3.8) is 0 Å². The van der Waals surface area contributed by atoms with Gasteiger partial charge < -0.3 is 11.1 Å². The van der Waals surface area contributed by atoms with Crippen LogP contribution >= 0.6 is 0 Å². The Labute approximate surface area is 98.2 Å². The molecule has 3 N–H and O–H groups in total. The second kappa shape index (κ2) is 5.46. The molecule has 0 aromatic heterocycles. The molecule has 0 spiro atoms. The van der Waals surface area contributed by atoms with Crippen LogP contribution in [0.1, 0.15) is 42.0 Å². The minimum absolute atomic E-state index is 0.467. The SMILES string of the molecule is CNC(CCCN)c1ccc2c(c1)CCC2. The first-order valence-corrected chi connectivity index (χ1v) is 6.34. The smallest absolute Gasteiger partial charge is 0.0318 e. The molecule has 2 rings (SSSR count). The summed E-state index contributed by atoms with van der Waals surface area (Å²) in [4.78, 5) is 0. The fraction of sp³-hybridized carbons (Fsp3) is 0.571. The third-order valence-electron chi connectivity index (χ3n) is 3.57. The van der Waals surface area contributed by atoms with Gasteiger partial charge in [-0.3, -0.25) is 0 Å². The molecule has 0 aliphatic heterocycles. The molecule has 0 amide bonds. The lowest BCUT2D eigenvalue weighted by atomic mass is 9.98. The highest BCUT2D eigenvalue weighted by Gasteiger charge is 2.14. The summed E-state index contributed by atoms with van der Waals surface area (Å²) in [7, 11) is 2.04. The van der Waals surface area contributed by atoms with Crippen molar-refractivity contribution in [2.45, 2.75) is 38.1 Å². The molecule has 2 heteroatoms. The van der Waals surface area contributed by atoms with Gasteiger partial charge in [-0.05, 0) is 62.4 Å². The topological polar surface area (TPSA) is 38.0 Å². The Morgan fingerprint density at radius 1 is 1.31 bits per heavy atom. The van der Waals surface area contributed by atoms with Gasteiger partial charge in [0.15, 0.2) is 0 Å². The van der Waals surface area contributed by atoms with E-state index in [-0.39, 0.29) is 0 Å². The Kier molecular flexibility index (Phi) is 3.97. The average Bonchev–Trinajstić information content (AvgIpc) is 2.77. The number of hydrogen-bond acceptors (Lipinski definition) is 2. The van der Waals surface area contributed by atoms with E-state index in [1.165, 1.54) is 24.8 Å². The van der Waals surface area contributed by atoms with Crippen LogP contribution in [-0.4, -0.2) is 13.6 Å². The molecule has 1 aromatic carbocycles. The van der Waals surface area contributed by atoms with Crippen molar-refractivity contribution in [2.75, 3.05) is 13.6 Å². The van der Waals surface area contributed by atoms with Crippen molar-refractivity contribution in [1.29, 1.82) is 0 Å². The summed E-state index contributed by atoms with van der Waals surface area (Å²) in [6.07, 6.45) is 6.07. The molecule has 1 unspecified atom stereocenters. The number of nitrogens with two attached hydrogens (primary N) is 1. The van der Waals surface area contributed by atoms with Gasteiger partial charge in [-0.2, -0.15) is 0 Å².